The highest BCUT2D eigenvalue weighted by atomic mass is 16.6. The van der Waals surface area contributed by atoms with E-state index in [0.29, 0.717) is 26.1 Å². The van der Waals surface area contributed by atoms with E-state index in [4.69, 9.17) is 10.5 Å². The van der Waals surface area contributed by atoms with Crippen molar-refractivity contribution in [2.45, 2.75) is 25.5 Å². The minimum atomic E-state index is -0.483. The fourth-order valence-corrected chi connectivity index (χ4v) is 2.15. The topological polar surface area (TPSA) is 75.8 Å². The molecule has 1 amide bonds. The lowest BCUT2D eigenvalue weighted by Gasteiger charge is -2.20. The molecule has 3 N–H and O–H groups in total. The van der Waals surface area contributed by atoms with Gasteiger partial charge < -0.3 is 15.6 Å². The highest BCUT2D eigenvalue weighted by molar-refractivity contribution is 5.70. The molecule has 0 spiro atoms. The number of amides is 1. The van der Waals surface area contributed by atoms with Crippen molar-refractivity contribution in [3.63, 3.8) is 0 Å². The van der Waals surface area contributed by atoms with Crippen LogP contribution in [0.1, 0.15) is 18.9 Å². The lowest BCUT2D eigenvalue weighted by Crippen LogP contribution is -2.33. The molecule has 0 aliphatic carbocycles. The summed E-state index contributed by atoms with van der Waals surface area (Å²) in [7, 11) is 0. The summed E-state index contributed by atoms with van der Waals surface area (Å²) in [5.41, 5.74) is 5.99. The molecule has 5 nitrogen and oxygen atoms in total. The summed E-state index contributed by atoms with van der Waals surface area (Å²) in [5.74, 6) is 0.218. The van der Waals surface area contributed by atoms with Gasteiger partial charge in [-0.3, -0.25) is 4.90 Å². The lowest BCUT2D eigenvalue weighted by molar-refractivity contribution is 0.0669. The molecule has 5 heteroatoms. The van der Waals surface area contributed by atoms with Gasteiger partial charge >= 0.3 is 6.09 Å². The minimum Gasteiger partial charge on any atom is -0.508 e. The molecule has 0 saturated carbocycles. The molecule has 1 aliphatic heterocycles. The Labute approximate surface area is 106 Å². The largest absolute Gasteiger partial charge is 0.508 e. The number of aromatic hydroxyl groups is 1. The maximum atomic E-state index is 11.7. The van der Waals surface area contributed by atoms with E-state index in [1.165, 1.54) is 0 Å². The number of rotatable bonds is 4. The van der Waals surface area contributed by atoms with Gasteiger partial charge in [0.2, 0.25) is 0 Å². The van der Waals surface area contributed by atoms with Crippen LogP contribution in [0, 0.1) is 0 Å². The molecule has 1 aromatic rings. The number of phenolic OH excluding ortho intramolecular Hbond substituents is 1. The molecular formula is C13H18N2O3. The molecule has 1 aromatic carbocycles. The fraction of sp³-hybridized carbons (Fsp3) is 0.462. The van der Waals surface area contributed by atoms with Gasteiger partial charge in [-0.2, -0.15) is 0 Å². The summed E-state index contributed by atoms with van der Waals surface area (Å²) in [4.78, 5) is 13.4. The number of benzene rings is 1. The van der Waals surface area contributed by atoms with Gasteiger partial charge in [0.25, 0.3) is 0 Å². The Morgan fingerprint density at radius 1 is 1.44 bits per heavy atom. The fourth-order valence-electron chi connectivity index (χ4n) is 2.15. The van der Waals surface area contributed by atoms with Crippen molar-refractivity contribution in [1.29, 1.82) is 0 Å². The van der Waals surface area contributed by atoms with Crippen molar-refractivity contribution in [3.05, 3.63) is 29.8 Å². The van der Waals surface area contributed by atoms with Crippen molar-refractivity contribution >= 4 is 6.09 Å². The van der Waals surface area contributed by atoms with Crippen LogP contribution in [0.25, 0.3) is 0 Å². The average molecular weight is 250 g/mol. The van der Waals surface area contributed by atoms with Crippen LogP contribution in [0.2, 0.25) is 0 Å². The van der Waals surface area contributed by atoms with Crippen LogP contribution in [-0.2, 0) is 11.3 Å². The molecule has 18 heavy (non-hydrogen) atoms. The molecule has 0 bridgehead atoms. The molecule has 0 aromatic heterocycles. The zero-order valence-corrected chi connectivity index (χ0v) is 10.4. The smallest absolute Gasteiger partial charge is 0.410 e. The Kier molecular flexibility index (Phi) is 3.43. The van der Waals surface area contributed by atoms with E-state index in [-0.39, 0.29) is 11.8 Å². The molecule has 0 radical (unpaired) electrons. The first-order valence-electron chi connectivity index (χ1n) is 5.98. The van der Waals surface area contributed by atoms with Crippen LogP contribution in [0.15, 0.2) is 24.3 Å². The van der Waals surface area contributed by atoms with Crippen LogP contribution < -0.4 is 5.73 Å². The van der Waals surface area contributed by atoms with Crippen molar-refractivity contribution in [1.82, 2.24) is 4.90 Å². The van der Waals surface area contributed by atoms with E-state index in [2.05, 4.69) is 0 Å². The second-order valence-electron chi connectivity index (χ2n) is 4.88. The maximum Gasteiger partial charge on any atom is 0.410 e. The van der Waals surface area contributed by atoms with Gasteiger partial charge in [0.1, 0.15) is 11.4 Å². The zero-order valence-electron chi connectivity index (χ0n) is 10.4. The number of carbonyl (C=O) groups excluding carboxylic acids is 1. The Morgan fingerprint density at radius 2 is 2.11 bits per heavy atom. The molecule has 1 heterocycles. The number of nitrogens with two attached hydrogens (primary N) is 1. The molecule has 1 atom stereocenters. The van der Waals surface area contributed by atoms with Crippen LogP contribution in [0.4, 0.5) is 4.79 Å². The van der Waals surface area contributed by atoms with Gasteiger partial charge in [0.15, 0.2) is 0 Å². The number of cyclic esters (lactones) is 1. The van der Waals surface area contributed by atoms with Crippen molar-refractivity contribution in [2.75, 3.05) is 13.1 Å². The minimum absolute atomic E-state index is 0.218. The third kappa shape index (κ3) is 2.73. The number of carbonyl (C=O) groups is 1. The summed E-state index contributed by atoms with van der Waals surface area (Å²) < 4.78 is 5.36. The van der Waals surface area contributed by atoms with E-state index < -0.39 is 5.60 Å². The van der Waals surface area contributed by atoms with Gasteiger partial charge in [-0.05, 0) is 31.2 Å². The van der Waals surface area contributed by atoms with E-state index in [1.54, 1.807) is 29.2 Å². The normalized spacial score (nSPS) is 23.2. The molecule has 2 rings (SSSR count). The van der Waals surface area contributed by atoms with Crippen molar-refractivity contribution < 1.29 is 14.6 Å². The summed E-state index contributed by atoms with van der Waals surface area (Å²) >= 11 is 0. The molecule has 1 aliphatic rings. The number of phenols is 1. The summed E-state index contributed by atoms with van der Waals surface area (Å²) in [6.45, 7) is 3.43. The summed E-state index contributed by atoms with van der Waals surface area (Å²) in [6.07, 6.45) is 0.351. The van der Waals surface area contributed by atoms with Gasteiger partial charge in [-0.1, -0.05) is 12.1 Å². The number of hydrogen-bond acceptors (Lipinski definition) is 4. The molecule has 98 valence electrons. The van der Waals surface area contributed by atoms with E-state index in [9.17, 15) is 9.90 Å². The first-order chi connectivity index (χ1) is 8.52. The Hall–Kier alpha value is -1.75. The highest BCUT2D eigenvalue weighted by Gasteiger charge is 2.40. The zero-order chi connectivity index (χ0) is 13.2. The predicted molar refractivity (Wildman–Crippen MR) is 67.1 cm³/mol. The first-order valence-corrected chi connectivity index (χ1v) is 5.98. The average Bonchev–Trinajstić information content (AvgIpc) is 2.57. The Morgan fingerprint density at radius 3 is 2.72 bits per heavy atom. The second-order valence-corrected chi connectivity index (χ2v) is 4.88. The van der Waals surface area contributed by atoms with Crippen molar-refractivity contribution in [2.24, 2.45) is 5.73 Å². The third-order valence-corrected chi connectivity index (χ3v) is 3.10. The molecule has 1 saturated heterocycles. The van der Waals surface area contributed by atoms with E-state index in [0.717, 1.165) is 5.56 Å². The number of ether oxygens (including phenoxy) is 1. The quantitative estimate of drug-likeness (QED) is 0.848. The van der Waals surface area contributed by atoms with E-state index >= 15 is 0 Å². The SMILES string of the molecule is CC1(CCN)CN(Cc2ccc(O)cc2)C(=O)O1. The van der Waals surface area contributed by atoms with Gasteiger partial charge in [0, 0.05) is 13.0 Å². The van der Waals surface area contributed by atoms with Crippen molar-refractivity contribution in [3.8, 4) is 5.75 Å². The maximum absolute atomic E-state index is 11.7. The van der Waals surface area contributed by atoms with Crippen LogP contribution in [0.3, 0.4) is 0 Å². The van der Waals surface area contributed by atoms with Crippen LogP contribution in [-0.4, -0.2) is 34.8 Å². The number of hydrogen-bond donors (Lipinski definition) is 2. The molecule has 1 unspecified atom stereocenters. The van der Waals surface area contributed by atoms with E-state index in [1.807, 2.05) is 6.92 Å². The highest BCUT2D eigenvalue weighted by Crippen LogP contribution is 2.26. The van der Waals surface area contributed by atoms with Crippen LogP contribution >= 0.6 is 0 Å². The molecule has 1 fully saturated rings. The monoisotopic (exact) mass is 250 g/mol. The second kappa shape index (κ2) is 4.86. The summed E-state index contributed by atoms with van der Waals surface area (Å²) in [6, 6.07) is 6.80. The lowest BCUT2D eigenvalue weighted by atomic mass is 10.0. The standard InChI is InChI=1S/C13H18N2O3/c1-13(6-7-14)9-15(12(17)18-13)8-10-2-4-11(16)5-3-10/h2-5,16H,6-9,14H2,1H3. The third-order valence-electron chi connectivity index (χ3n) is 3.10. The Balaban J connectivity index is 2.02. The first kappa shape index (κ1) is 12.7. The van der Waals surface area contributed by atoms with Gasteiger partial charge in [0.05, 0.1) is 6.54 Å². The molecular weight excluding hydrogens is 232 g/mol. The Bertz CT molecular complexity index is 432. The van der Waals surface area contributed by atoms with Crippen LogP contribution in [0.5, 0.6) is 5.75 Å². The summed E-state index contributed by atoms with van der Waals surface area (Å²) in [5, 5.41) is 9.20. The predicted octanol–water partition coefficient (Wildman–Crippen LogP) is 1.45. The number of nitrogens with zero attached hydrogens (tertiary/aromatic N) is 1. The van der Waals surface area contributed by atoms with Gasteiger partial charge in [-0.25, -0.2) is 4.79 Å². The van der Waals surface area contributed by atoms with Gasteiger partial charge in [-0.15, -0.1) is 0 Å².